The molecule has 9 heteroatoms. The molecule has 1 N–H and O–H groups in total. The van der Waals surface area contributed by atoms with E-state index in [0.717, 1.165) is 0 Å². The number of fused-ring (bicyclic) bond motifs is 1. The molecule has 1 unspecified atom stereocenters. The van der Waals surface area contributed by atoms with E-state index in [1.807, 2.05) is 0 Å². The average molecular weight is 293 g/mol. The van der Waals surface area contributed by atoms with Crippen molar-refractivity contribution in [2.24, 2.45) is 5.92 Å². The number of ether oxygens (including phenoxy) is 1. The molecule has 0 aromatic carbocycles. The largest absolute Gasteiger partial charge is 0.481 e. The lowest BCUT2D eigenvalue weighted by Gasteiger charge is -2.21. The molecule has 0 saturated carbocycles. The number of aromatic nitrogens is 3. The second kappa shape index (κ2) is 5.78. The fourth-order valence-electron chi connectivity index (χ4n) is 2.12. The van der Waals surface area contributed by atoms with E-state index in [4.69, 9.17) is 5.11 Å². The summed E-state index contributed by atoms with van der Waals surface area (Å²) in [4.78, 5) is 11.0. The Balaban J connectivity index is 1.91. The maximum atomic E-state index is 11.9. The fourth-order valence-corrected chi connectivity index (χ4v) is 2.12. The topological polar surface area (TPSA) is 77.2 Å². The van der Waals surface area contributed by atoms with Crippen LogP contribution in [0.4, 0.5) is 13.2 Å². The summed E-state index contributed by atoms with van der Waals surface area (Å²) in [6.07, 6.45) is -3.17. The van der Waals surface area contributed by atoms with Gasteiger partial charge in [-0.3, -0.25) is 4.79 Å². The van der Waals surface area contributed by atoms with Crippen LogP contribution in [-0.4, -0.2) is 45.2 Å². The highest BCUT2D eigenvalue weighted by molar-refractivity contribution is 5.70. The third kappa shape index (κ3) is 3.69. The third-order valence-corrected chi connectivity index (χ3v) is 3.11. The Bertz CT molecular complexity index is 487. The number of alkyl halides is 3. The molecule has 2 rings (SSSR count). The minimum atomic E-state index is -4.35. The van der Waals surface area contributed by atoms with Gasteiger partial charge in [-0.05, 0) is 6.42 Å². The maximum Gasteiger partial charge on any atom is 0.411 e. The number of nitrogens with zero attached hydrogens (tertiary/aromatic N) is 3. The first kappa shape index (κ1) is 14.8. The lowest BCUT2D eigenvalue weighted by Crippen LogP contribution is -2.28. The first-order chi connectivity index (χ1) is 9.37. The number of carboxylic acids is 1. The summed E-state index contributed by atoms with van der Waals surface area (Å²) in [6.45, 7) is -1.17. The van der Waals surface area contributed by atoms with E-state index in [0.29, 0.717) is 24.5 Å². The van der Waals surface area contributed by atoms with Gasteiger partial charge in [0.25, 0.3) is 0 Å². The smallest absolute Gasteiger partial charge is 0.411 e. The zero-order valence-electron chi connectivity index (χ0n) is 10.6. The molecular formula is C11H14F3N3O3. The second-order valence-electron chi connectivity index (χ2n) is 4.63. The summed E-state index contributed by atoms with van der Waals surface area (Å²) < 4.78 is 41.9. The van der Waals surface area contributed by atoms with Crippen molar-refractivity contribution in [2.75, 3.05) is 13.2 Å². The number of hydrogen-bond donors (Lipinski definition) is 1. The highest BCUT2D eigenvalue weighted by atomic mass is 19.4. The van der Waals surface area contributed by atoms with Gasteiger partial charge < -0.3 is 14.4 Å². The van der Waals surface area contributed by atoms with Crippen LogP contribution in [0.25, 0.3) is 0 Å². The molecule has 0 fully saturated rings. The summed E-state index contributed by atoms with van der Waals surface area (Å²) in [5.74, 6) is -0.251. The van der Waals surface area contributed by atoms with Gasteiger partial charge in [0.2, 0.25) is 0 Å². The van der Waals surface area contributed by atoms with Crippen molar-refractivity contribution in [2.45, 2.75) is 32.0 Å². The Morgan fingerprint density at radius 1 is 1.45 bits per heavy atom. The lowest BCUT2D eigenvalue weighted by atomic mass is 9.99. The third-order valence-electron chi connectivity index (χ3n) is 3.11. The molecule has 112 valence electrons. The van der Waals surface area contributed by atoms with E-state index in [1.54, 1.807) is 4.57 Å². The van der Waals surface area contributed by atoms with Crippen molar-refractivity contribution >= 4 is 5.97 Å². The van der Waals surface area contributed by atoms with Crippen molar-refractivity contribution < 1.29 is 27.8 Å². The van der Waals surface area contributed by atoms with Gasteiger partial charge in [0.15, 0.2) is 0 Å². The molecule has 0 aliphatic carbocycles. The summed E-state index contributed by atoms with van der Waals surface area (Å²) >= 11 is 0. The van der Waals surface area contributed by atoms with Crippen molar-refractivity contribution in [3.05, 3.63) is 11.6 Å². The molecule has 2 heterocycles. The van der Waals surface area contributed by atoms with Gasteiger partial charge in [0, 0.05) is 19.4 Å². The SMILES string of the molecule is O=C(O)C1CCc2nnc(CCOCC(F)(F)F)n2C1. The Morgan fingerprint density at radius 3 is 2.85 bits per heavy atom. The van der Waals surface area contributed by atoms with Crippen LogP contribution >= 0.6 is 0 Å². The van der Waals surface area contributed by atoms with Gasteiger partial charge in [-0.15, -0.1) is 10.2 Å². The van der Waals surface area contributed by atoms with Gasteiger partial charge in [-0.1, -0.05) is 0 Å². The van der Waals surface area contributed by atoms with Crippen molar-refractivity contribution in [1.29, 1.82) is 0 Å². The number of halogens is 3. The molecule has 0 bridgehead atoms. The quantitative estimate of drug-likeness (QED) is 0.821. The monoisotopic (exact) mass is 293 g/mol. The number of aliphatic carboxylic acids is 1. The fraction of sp³-hybridized carbons (Fsp3) is 0.727. The molecule has 0 spiro atoms. The summed E-state index contributed by atoms with van der Waals surface area (Å²) in [5.41, 5.74) is 0. The van der Waals surface area contributed by atoms with Crippen LogP contribution in [0, 0.1) is 5.92 Å². The molecule has 6 nitrogen and oxygen atoms in total. The van der Waals surface area contributed by atoms with Gasteiger partial charge in [0.05, 0.1) is 12.5 Å². The standard InChI is InChI=1S/C11H14F3N3O3/c12-11(13,14)6-20-4-3-9-16-15-8-2-1-7(10(18)19)5-17(8)9/h7H,1-6H2,(H,18,19). The molecular weight excluding hydrogens is 279 g/mol. The lowest BCUT2D eigenvalue weighted by molar-refractivity contribution is -0.173. The number of rotatable bonds is 5. The second-order valence-corrected chi connectivity index (χ2v) is 4.63. The molecule has 0 saturated heterocycles. The van der Waals surface area contributed by atoms with Crippen LogP contribution < -0.4 is 0 Å². The molecule has 1 atom stereocenters. The van der Waals surface area contributed by atoms with Crippen molar-refractivity contribution in [3.8, 4) is 0 Å². The van der Waals surface area contributed by atoms with E-state index in [2.05, 4.69) is 14.9 Å². The van der Waals surface area contributed by atoms with E-state index in [1.165, 1.54) is 0 Å². The van der Waals surface area contributed by atoms with Crippen LogP contribution in [0.5, 0.6) is 0 Å². The Kier molecular flexibility index (Phi) is 4.26. The van der Waals surface area contributed by atoms with E-state index >= 15 is 0 Å². The zero-order chi connectivity index (χ0) is 14.8. The molecule has 0 radical (unpaired) electrons. The molecule has 1 aromatic rings. The maximum absolute atomic E-state index is 11.9. The molecule has 1 aromatic heterocycles. The highest BCUT2D eigenvalue weighted by Crippen LogP contribution is 2.20. The van der Waals surface area contributed by atoms with E-state index in [9.17, 15) is 18.0 Å². The number of hydrogen-bond acceptors (Lipinski definition) is 4. The number of carbonyl (C=O) groups is 1. The predicted molar refractivity (Wildman–Crippen MR) is 60.0 cm³/mol. The summed E-state index contributed by atoms with van der Waals surface area (Å²) in [5, 5.41) is 16.8. The van der Waals surface area contributed by atoms with Crippen LogP contribution in [0.1, 0.15) is 18.1 Å². The predicted octanol–water partition coefficient (Wildman–Crippen LogP) is 1.05. The van der Waals surface area contributed by atoms with Gasteiger partial charge in [-0.25, -0.2) is 0 Å². The Morgan fingerprint density at radius 2 is 2.20 bits per heavy atom. The highest BCUT2D eigenvalue weighted by Gasteiger charge is 2.29. The van der Waals surface area contributed by atoms with Crippen LogP contribution in [-0.2, 0) is 28.9 Å². The zero-order valence-corrected chi connectivity index (χ0v) is 10.6. The molecule has 0 amide bonds. The van der Waals surface area contributed by atoms with Crippen LogP contribution in [0.15, 0.2) is 0 Å². The Labute approximate surface area is 112 Å². The van der Waals surface area contributed by atoms with Gasteiger partial charge in [-0.2, -0.15) is 13.2 Å². The number of carboxylic acid groups (broad SMARTS) is 1. The van der Waals surface area contributed by atoms with Crippen LogP contribution in [0.3, 0.4) is 0 Å². The summed E-state index contributed by atoms with van der Waals surface area (Å²) in [6, 6.07) is 0. The normalized spacial score (nSPS) is 18.9. The van der Waals surface area contributed by atoms with E-state index < -0.39 is 24.7 Å². The molecule has 20 heavy (non-hydrogen) atoms. The Hall–Kier alpha value is -1.64. The minimum absolute atomic E-state index is 0.130. The molecule has 1 aliphatic rings. The van der Waals surface area contributed by atoms with Gasteiger partial charge in [0.1, 0.15) is 18.3 Å². The first-order valence-electron chi connectivity index (χ1n) is 6.15. The average Bonchev–Trinajstić information content (AvgIpc) is 2.76. The summed E-state index contributed by atoms with van der Waals surface area (Å²) in [7, 11) is 0. The van der Waals surface area contributed by atoms with Crippen LogP contribution in [0.2, 0.25) is 0 Å². The first-order valence-corrected chi connectivity index (χ1v) is 6.15. The minimum Gasteiger partial charge on any atom is -0.481 e. The van der Waals surface area contributed by atoms with Crippen molar-refractivity contribution in [3.63, 3.8) is 0 Å². The molecule has 1 aliphatic heterocycles. The van der Waals surface area contributed by atoms with Crippen molar-refractivity contribution in [1.82, 2.24) is 14.8 Å². The number of aryl methyl sites for hydroxylation is 1. The van der Waals surface area contributed by atoms with Gasteiger partial charge >= 0.3 is 12.1 Å². The van der Waals surface area contributed by atoms with E-state index in [-0.39, 0.29) is 19.6 Å².